The maximum atomic E-state index is 13.7. The van der Waals surface area contributed by atoms with Crippen molar-refractivity contribution in [1.82, 2.24) is 0 Å². The van der Waals surface area contributed by atoms with Crippen LogP contribution >= 0.6 is 0 Å². The SMILES string of the molecule is CC1=CC(=C(c2cc(C)c(O)c(C(=O)O)c2)C2C(=O)N(c3ccccc3)N=C2C)C=C(C(=O)O)C1=O. The molecule has 182 valence electrons. The number of hydrogen-bond acceptors (Lipinski definition) is 6. The Morgan fingerprint density at radius 3 is 2.22 bits per heavy atom. The fourth-order valence-corrected chi connectivity index (χ4v) is 4.34. The van der Waals surface area contributed by atoms with Crippen LogP contribution in [-0.4, -0.2) is 44.7 Å². The third-order valence-electron chi connectivity index (χ3n) is 6.08. The van der Waals surface area contributed by atoms with E-state index in [1.54, 1.807) is 37.3 Å². The van der Waals surface area contributed by atoms with Gasteiger partial charge in [0.1, 0.15) is 22.8 Å². The molecule has 0 aromatic heterocycles. The highest BCUT2D eigenvalue weighted by Gasteiger charge is 2.39. The van der Waals surface area contributed by atoms with Crippen molar-refractivity contribution in [3.8, 4) is 5.75 Å². The molecule has 0 fully saturated rings. The monoisotopic (exact) mass is 486 g/mol. The number of aliphatic carboxylic acids is 1. The van der Waals surface area contributed by atoms with E-state index < -0.39 is 40.9 Å². The topological polar surface area (TPSA) is 145 Å². The maximum Gasteiger partial charge on any atom is 0.339 e. The molecule has 1 unspecified atom stereocenters. The Balaban J connectivity index is 2.01. The van der Waals surface area contributed by atoms with Crippen LogP contribution in [0.15, 0.2) is 76.4 Å². The van der Waals surface area contributed by atoms with Crippen LogP contribution in [0, 0.1) is 12.8 Å². The fourth-order valence-electron chi connectivity index (χ4n) is 4.34. The molecule has 9 heteroatoms. The van der Waals surface area contributed by atoms with E-state index in [-0.39, 0.29) is 33.4 Å². The number of hydrazone groups is 1. The lowest BCUT2D eigenvalue weighted by molar-refractivity contribution is -0.134. The minimum atomic E-state index is -1.42. The van der Waals surface area contributed by atoms with Crippen LogP contribution in [-0.2, 0) is 14.4 Å². The zero-order valence-electron chi connectivity index (χ0n) is 19.6. The van der Waals surface area contributed by atoms with Crippen molar-refractivity contribution in [2.75, 3.05) is 5.01 Å². The molecule has 4 rings (SSSR count). The molecular formula is C27H22N2O7. The summed E-state index contributed by atoms with van der Waals surface area (Å²) >= 11 is 0. The van der Waals surface area contributed by atoms with Gasteiger partial charge in [-0.2, -0.15) is 10.1 Å². The highest BCUT2D eigenvalue weighted by Crippen LogP contribution is 2.40. The molecule has 1 heterocycles. The number of Topliss-reactive ketones (excluding diaryl/α,β-unsaturated/α-hetero) is 1. The van der Waals surface area contributed by atoms with Gasteiger partial charge in [-0.05, 0) is 85.0 Å². The van der Waals surface area contributed by atoms with E-state index in [9.17, 15) is 34.5 Å². The van der Waals surface area contributed by atoms with Crippen molar-refractivity contribution in [2.45, 2.75) is 20.8 Å². The molecule has 1 atom stereocenters. The number of allylic oxidation sites excluding steroid dienone is 4. The highest BCUT2D eigenvalue weighted by atomic mass is 16.4. The van der Waals surface area contributed by atoms with E-state index in [2.05, 4.69) is 5.10 Å². The summed E-state index contributed by atoms with van der Waals surface area (Å²) in [6, 6.07) is 11.5. The number of carbonyl (C=O) groups excluding carboxylic acids is 2. The van der Waals surface area contributed by atoms with Crippen molar-refractivity contribution < 1.29 is 34.5 Å². The van der Waals surface area contributed by atoms with Crippen LogP contribution in [0.4, 0.5) is 5.69 Å². The van der Waals surface area contributed by atoms with Gasteiger partial charge < -0.3 is 15.3 Å². The molecule has 0 bridgehead atoms. The Morgan fingerprint density at radius 1 is 0.944 bits per heavy atom. The number of amides is 1. The lowest BCUT2D eigenvalue weighted by atomic mass is 9.81. The first-order valence-corrected chi connectivity index (χ1v) is 10.9. The number of anilines is 1. The molecular weight excluding hydrogens is 464 g/mol. The zero-order chi connectivity index (χ0) is 26.3. The van der Waals surface area contributed by atoms with Crippen LogP contribution in [0.2, 0.25) is 0 Å². The van der Waals surface area contributed by atoms with E-state index in [4.69, 9.17) is 0 Å². The minimum absolute atomic E-state index is 0.149. The summed E-state index contributed by atoms with van der Waals surface area (Å²) in [6.45, 7) is 4.63. The number of aryl methyl sites for hydroxylation is 1. The van der Waals surface area contributed by atoms with Crippen molar-refractivity contribution in [3.05, 3.63) is 88.0 Å². The summed E-state index contributed by atoms with van der Waals surface area (Å²) in [7, 11) is 0. The number of carboxylic acid groups (broad SMARTS) is 2. The smallest absolute Gasteiger partial charge is 0.339 e. The molecule has 3 N–H and O–H groups in total. The number of carboxylic acids is 2. The lowest BCUT2D eigenvalue weighted by Gasteiger charge is -2.22. The number of para-hydroxylation sites is 1. The second-order valence-electron chi connectivity index (χ2n) is 8.54. The Bertz CT molecular complexity index is 1460. The molecule has 0 spiro atoms. The van der Waals surface area contributed by atoms with E-state index in [1.165, 1.54) is 43.1 Å². The average molecular weight is 486 g/mol. The molecule has 1 amide bonds. The molecule has 1 aliphatic carbocycles. The average Bonchev–Trinajstić information content (AvgIpc) is 3.12. The number of rotatable bonds is 5. The van der Waals surface area contributed by atoms with E-state index in [1.807, 2.05) is 0 Å². The summed E-state index contributed by atoms with van der Waals surface area (Å²) < 4.78 is 0. The number of nitrogens with zero attached hydrogens (tertiary/aromatic N) is 2. The number of benzene rings is 2. The van der Waals surface area contributed by atoms with Gasteiger partial charge in [-0.1, -0.05) is 18.2 Å². The van der Waals surface area contributed by atoms with Gasteiger partial charge in [-0.25, -0.2) is 9.59 Å². The van der Waals surface area contributed by atoms with Crippen molar-refractivity contribution >= 4 is 40.6 Å². The number of aromatic hydroxyl groups is 1. The standard InChI is InChI=1S/C27H22N2O7/c1-13-9-16(11-19(23(13)30)26(33)34)22(17-10-14(2)24(31)20(12-17)27(35)36)21-15(3)28-29(25(21)32)18-7-5-4-6-8-18/h4-12,21,30H,1-3H3,(H,33,34)(H,35,36). The number of aromatic carboxylic acids is 1. The summed E-state index contributed by atoms with van der Waals surface area (Å²) in [5.41, 5.74) is 1.27. The van der Waals surface area contributed by atoms with Crippen molar-refractivity contribution in [2.24, 2.45) is 11.0 Å². The predicted octanol–water partition coefficient (Wildman–Crippen LogP) is 3.73. The van der Waals surface area contributed by atoms with Crippen molar-refractivity contribution in [1.29, 1.82) is 0 Å². The molecule has 2 aromatic carbocycles. The van der Waals surface area contributed by atoms with Crippen LogP contribution in [0.25, 0.3) is 5.57 Å². The van der Waals surface area contributed by atoms with Crippen LogP contribution in [0.5, 0.6) is 5.75 Å². The first kappa shape index (κ1) is 24.3. The summed E-state index contributed by atoms with van der Waals surface area (Å²) in [4.78, 5) is 49.8. The van der Waals surface area contributed by atoms with Crippen LogP contribution < -0.4 is 5.01 Å². The van der Waals surface area contributed by atoms with Crippen LogP contribution in [0.3, 0.4) is 0 Å². The number of carbonyl (C=O) groups is 4. The first-order chi connectivity index (χ1) is 17.0. The second kappa shape index (κ2) is 9.10. The Hall–Kier alpha value is -4.79. The molecule has 2 aliphatic rings. The van der Waals surface area contributed by atoms with E-state index in [0.29, 0.717) is 11.4 Å². The Labute approximate surface area is 206 Å². The second-order valence-corrected chi connectivity index (χ2v) is 8.54. The van der Waals surface area contributed by atoms with Gasteiger partial charge in [0.2, 0.25) is 0 Å². The predicted molar refractivity (Wildman–Crippen MR) is 132 cm³/mol. The summed E-state index contributed by atoms with van der Waals surface area (Å²) in [5, 5.41) is 35.2. The third kappa shape index (κ3) is 4.11. The summed E-state index contributed by atoms with van der Waals surface area (Å²) in [5.74, 6) is -5.31. The highest BCUT2D eigenvalue weighted by molar-refractivity contribution is 6.26. The van der Waals surface area contributed by atoms with E-state index >= 15 is 0 Å². The molecule has 2 aromatic rings. The zero-order valence-corrected chi connectivity index (χ0v) is 19.6. The normalized spacial score (nSPS) is 19.0. The van der Waals surface area contributed by atoms with Crippen LogP contribution in [0.1, 0.15) is 35.3 Å². The molecule has 1 aliphatic heterocycles. The Kier molecular flexibility index (Phi) is 6.15. The fraction of sp³-hybridized carbons (Fsp3) is 0.148. The minimum Gasteiger partial charge on any atom is -0.507 e. The number of phenols is 1. The number of ketones is 1. The molecule has 36 heavy (non-hydrogen) atoms. The molecule has 0 saturated heterocycles. The van der Waals surface area contributed by atoms with Gasteiger partial charge in [0, 0.05) is 0 Å². The Morgan fingerprint density at radius 2 is 1.61 bits per heavy atom. The summed E-state index contributed by atoms with van der Waals surface area (Å²) in [6.07, 6.45) is 2.65. The van der Waals surface area contributed by atoms with Gasteiger partial charge in [-0.15, -0.1) is 0 Å². The van der Waals surface area contributed by atoms with E-state index in [0.717, 1.165) is 0 Å². The number of hydrogen-bond donors (Lipinski definition) is 3. The first-order valence-electron chi connectivity index (χ1n) is 10.9. The van der Waals surface area contributed by atoms with Crippen molar-refractivity contribution in [3.63, 3.8) is 0 Å². The quantitative estimate of drug-likeness (QED) is 0.546. The largest absolute Gasteiger partial charge is 0.507 e. The molecule has 9 nitrogen and oxygen atoms in total. The molecule has 0 radical (unpaired) electrons. The van der Waals surface area contributed by atoms with Gasteiger partial charge >= 0.3 is 11.9 Å². The molecule has 0 saturated carbocycles. The lowest BCUT2D eigenvalue weighted by Crippen LogP contribution is -2.29. The van der Waals surface area contributed by atoms with Gasteiger partial charge in [0.05, 0.1) is 11.4 Å². The maximum absolute atomic E-state index is 13.7. The van der Waals surface area contributed by atoms with Gasteiger partial charge in [-0.3, -0.25) is 9.59 Å². The van der Waals surface area contributed by atoms with Gasteiger partial charge in [0.25, 0.3) is 5.91 Å². The third-order valence-corrected chi connectivity index (χ3v) is 6.08. The van der Waals surface area contributed by atoms with Gasteiger partial charge in [0.15, 0.2) is 5.78 Å².